The Kier molecular flexibility index (Phi) is 4.91. The average Bonchev–Trinajstić information content (AvgIpc) is 2.90. The van der Waals surface area contributed by atoms with Crippen LogP contribution in [0.25, 0.3) is 16.8 Å². The summed E-state index contributed by atoms with van der Waals surface area (Å²) >= 11 is 0. The number of aromatic nitrogens is 3. The number of nitrogens with zero attached hydrogens (tertiary/aromatic N) is 2. The third kappa shape index (κ3) is 3.46. The Morgan fingerprint density at radius 2 is 1.82 bits per heavy atom. The van der Waals surface area contributed by atoms with E-state index in [0.717, 1.165) is 22.6 Å². The molecule has 1 N–H and O–H groups in total. The number of fused-ring (bicyclic) bond motifs is 1. The summed E-state index contributed by atoms with van der Waals surface area (Å²) in [7, 11) is -0.311. The van der Waals surface area contributed by atoms with E-state index in [9.17, 15) is 4.79 Å². The quantitative estimate of drug-likeness (QED) is 0.646. The monoisotopic (exact) mass is 399 g/mol. The first-order valence-corrected chi connectivity index (χ1v) is 12.3. The number of methoxy groups -OCH3 is 1. The van der Waals surface area contributed by atoms with Crippen LogP contribution < -0.4 is 14.7 Å². The first kappa shape index (κ1) is 20.2. The molecule has 0 spiro atoms. The number of rotatable bonds is 4. The summed E-state index contributed by atoms with van der Waals surface area (Å²) in [5.41, 5.74) is 3.73. The van der Waals surface area contributed by atoms with Gasteiger partial charge in [0, 0.05) is 29.1 Å². The molecular weight excluding hydrogens is 370 g/mol. The SMILES string of the molecule is COc1cc(O[Si](C)(C)C(C)(C)C)ccc1-c1c(C)[nH]n2c(=O)cc(C)nc12. The van der Waals surface area contributed by atoms with Gasteiger partial charge in [-0.05, 0) is 44.1 Å². The highest BCUT2D eigenvalue weighted by Crippen LogP contribution is 2.41. The standard InChI is InChI=1S/C21H29N3O3Si/c1-13-11-18(25)24-20(22-13)19(14(2)23-24)16-10-9-15(12-17(16)26-6)27-28(7,8)21(3,4)5/h9-12,23H,1-8H3. The first-order valence-electron chi connectivity index (χ1n) is 9.41. The lowest BCUT2D eigenvalue weighted by atomic mass is 10.0. The highest BCUT2D eigenvalue weighted by Gasteiger charge is 2.39. The molecule has 2 aromatic heterocycles. The molecule has 150 valence electrons. The predicted octanol–water partition coefficient (Wildman–Crippen LogP) is 4.70. The van der Waals surface area contributed by atoms with Crippen LogP contribution in [0.3, 0.4) is 0 Å². The number of aromatic amines is 1. The van der Waals surface area contributed by atoms with E-state index in [2.05, 4.69) is 43.9 Å². The molecule has 3 rings (SSSR count). The fourth-order valence-electron chi connectivity index (χ4n) is 2.98. The molecule has 0 fully saturated rings. The van der Waals surface area contributed by atoms with Crippen molar-refractivity contribution in [2.24, 2.45) is 0 Å². The number of aryl methyl sites for hydroxylation is 2. The van der Waals surface area contributed by atoms with Crippen LogP contribution in [0.1, 0.15) is 32.2 Å². The van der Waals surface area contributed by atoms with Crippen LogP contribution in [0.5, 0.6) is 11.5 Å². The maximum Gasteiger partial charge on any atom is 0.272 e. The van der Waals surface area contributed by atoms with Crippen LogP contribution in [0.15, 0.2) is 29.1 Å². The highest BCUT2D eigenvalue weighted by atomic mass is 28.4. The molecular formula is C21H29N3O3Si. The Hall–Kier alpha value is -2.54. The number of hydrogen-bond donors (Lipinski definition) is 1. The number of benzene rings is 1. The predicted molar refractivity (Wildman–Crippen MR) is 115 cm³/mol. The van der Waals surface area contributed by atoms with Gasteiger partial charge in [-0.25, -0.2) is 9.50 Å². The smallest absolute Gasteiger partial charge is 0.272 e. The van der Waals surface area contributed by atoms with Gasteiger partial charge < -0.3 is 9.16 Å². The van der Waals surface area contributed by atoms with Gasteiger partial charge in [0.15, 0.2) is 5.65 Å². The van der Waals surface area contributed by atoms with Gasteiger partial charge in [-0.3, -0.25) is 9.89 Å². The largest absolute Gasteiger partial charge is 0.543 e. The molecule has 0 saturated heterocycles. The van der Waals surface area contributed by atoms with Crippen molar-refractivity contribution in [2.75, 3.05) is 7.11 Å². The van der Waals surface area contributed by atoms with Crippen molar-refractivity contribution in [3.8, 4) is 22.6 Å². The molecule has 0 aliphatic carbocycles. The number of ether oxygens (including phenoxy) is 1. The summed E-state index contributed by atoms with van der Waals surface area (Å²) in [4.78, 5) is 16.9. The molecule has 0 saturated carbocycles. The molecule has 0 unspecified atom stereocenters. The van der Waals surface area contributed by atoms with Crippen LogP contribution >= 0.6 is 0 Å². The van der Waals surface area contributed by atoms with Crippen LogP contribution in [0, 0.1) is 13.8 Å². The molecule has 0 aliphatic heterocycles. The molecule has 0 atom stereocenters. The Morgan fingerprint density at radius 3 is 2.43 bits per heavy atom. The highest BCUT2D eigenvalue weighted by molar-refractivity contribution is 6.74. The summed E-state index contributed by atoms with van der Waals surface area (Å²) in [6, 6.07) is 7.38. The zero-order chi connectivity index (χ0) is 20.9. The van der Waals surface area contributed by atoms with E-state index in [1.165, 1.54) is 10.6 Å². The minimum absolute atomic E-state index is 0.106. The molecule has 2 heterocycles. The lowest BCUT2D eigenvalue weighted by molar-refractivity contribution is 0.412. The Balaban J connectivity index is 2.14. The van der Waals surface area contributed by atoms with E-state index in [1.807, 2.05) is 32.0 Å². The van der Waals surface area contributed by atoms with Gasteiger partial charge in [-0.2, -0.15) is 0 Å². The fraction of sp³-hybridized carbons (Fsp3) is 0.429. The molecule has 7 heteroatoms. The maximum absolute atomic E-state index is 12.3. The summed E-state index contributed by atoms with van der Waals surface area (Å²) in [6.45, 7) is 14.8. The van der Waals surface area contributed by atoms with E-state index in [1.54, 1.807) is 7.11 Å². The lowest BCUT2D eigenvalue weighted by Crippen LogP contribution is -2.43. The second kappa shape index (κ2) is 6.81. The summed E-state index contributed by atoms with van der Waals surface area (Å²) < 4.78 is 13.6. The second-order valence-corrected chi connectivity index (χ2v) is 13.5. The second-order valence-electron chi connectivity index (χ2n) is 8.73. The third-order valence-corrected chi connectivity index (χ3v) is 9.90. The van der Waals surface area contributed by atoms with Gasteiger partial charge >= 0.3 is 0 Å². The van der Waals surface area contributed by atoms with Crippen molar-refractivity contribution in [3.05, 3.63) is 46.0 Å². The minimum Gasteiger partial charge on any atom is -0.543 e. The van der Waals surface area contributed by atoms with Crippen LogP contribution in [-0.2, 0) is 0 Å². The van der Waals surface area contributed by atoms with E-state index >= 15 is 0 Å². The van der Waals surface area contributed by atoms with Gasteiger partial charge in [-0.15, -0.1) is 0 Å². The third-order valence-electron chi connectivity index (χ3n) is 5.55. The van der Waals surface area contributed by atoms with Crippen molar-refractivity contribution in [2.45, 2.75) is 52.8 Å². The van der Waals surface area contributed by atoms with Gasteiger partial charge in [-0.1, -0.05) is 20.8 Å². The average molecular weight is 400 g/mol. The van der Waals surface area contributed by atoms with E-state index in [-0.39, 0.29) is 10.6 Å². The van der Waals surface area contributed by atoms with Gasteiger partial charge in [0.1, 0.15) is 11.5 Å². The zero-order valence-electron chi connectivity index (χ0n) is 17.9. The Bertz CT molecular complexity index is 1090. The van der Waals surface area contributed by atoms with E-state index in [0.29, 0.717) is 17.1 Å². The van der Waals surface area contributed by atoms with Crippen molar-refractivity contribution >= 4 is 14.0 Å². The van der Waals surface area contributed by atoms with Crippen LogP contribution in [0.4, 0.5) is 0 Å². The van der Waals surface area contributed by atoms with Crippen molar-refractivity contribution in [1.29, 1.82) is 0 Å². The zero-order valence-corrected chi connectivity index (χ0v) is 18.9. The molecule has 0 amide bonds. The minimum atomic E-state index is -1.95. The number of hydrogen-bond acceptors (Lipinski definition) is 4. The summed E-state index contributed by atoms with van der Waals surface area (Å²) in [6.07, 6.45) is 0. The van der Waals surface area contributed by atoms with E-state index in [4.69, 9.17) is 9.16 Å². The summed E-state index contributed by atoms with van der Waals surface area (Å²) in [5.74, 6) is 1.49. The van der Waals surface area contributed by atoms with Crippen molar-refractivity contribution in [1.82, 2.24) is 14.6 Å². The van der Waals surface area contributed by atoms with Crippen molar-refractivity contribution in [3.63, 3.8) is 0 Å². The van der Waals surface area contributed by atoms with Gasteiger partial charge in [0.25, 0.3) is 5.56 Å². The molecule has 28 heavy (non-hydrogen) atoms. The number of H-pyrrole nitrogens is 1. The normalized spacial score (nSPS) is 12.4. The molecule has 1 aromatic carbocycles. The molecule has 0 radical (unpaired) electrons. The first-order chi connectivity index (χ1) is 12.9. The molecule has 3 aromatic rings. The van der Waals surface area contributed by atoms with Crippen LogP contribution in [0.2, 0.25) is 18.1 Å². The lowest BCUT2D eigenvalue weighted by Gasteiger charge is -2.36. The van der Waals surface area contributed by atoms with Crippen molar-refractivity contribution < 1.29 is 9.16 Å². The molecule has 6 nitrogen and oxygen atoms in total. The Labute approximate surface area is 166 Å². The topological polar surface area (TPSA) is 68.6 Å². The fourth-order valence-corrected chi connectivity index (χ4v) is 4.00. The van der Waals surface area contributed by atoms with E-state index < -0.39 is 8.32 Å². The van der Waals surface area contributed by atoms with Gasteiger partial charge in [0.2, 0.25) is 8.32 Å². The number of nitrogens with one attached hydrogen (secondary N) is 1. The molecule has 0 bridgehead atoms. The maximum atomic E-state index is 12.3. The Morgan fingerprint density at radius 1 is 1.14 bits per heavy atom. The molecule has 0 aliphatic rings. The van der Waals surface area contributed by atoms with Crippen LogP contribution in [-0.4, -0.2) is 30.0 Å². The van der Waals surface area contributed by atoms with Gasteiger partial charge in [0.05, 0.1) is 12.7 Å². The summed E-state index contributed by atoms with van der Waals surface area (Å²) in [5, 5.41) is 3.21.